The molecule has 0 aliphatic carbocycles. The molecule has 0 aliphatic heterocycles. The Labute approximate surface area is 208 Å². The number of aromatic nitrogens is 1. The summed E-state index contributed by atoms with van der Waals surface area (Å²) in [4.78, 5) is 30.6. The van der Waals surface area contributed by atoms with Crippen LogP contribution in [-0.4, -0.2) is 29.4 Å². The van der Waals surface area contributed by atoms with E-state index >= 15 is 0 Å². The largest absolute Gasteiger partial charge is 0.384 e. The Morgan fingerprint density at radius 3 is 2.29 bits per heavy atom. The third kappa shape index (κ3) is 6.05. The van der Waals surface area contributed by atoms with Gasteiger partial charge in [0.2, 0.25) is 11.8 Å². The van der Waals surface area contributed by atoms with Gasteiger partial charge in [0.15, 0.2) is 0 Å². The van der Waals surface area contributed by atoms with E-state index < -0.39 is 17.4 Å². The minimum atomic E-state index is -1.36. The number of carbonyl (C=O) groups is 2. The van der Waals surface area contributed by atoms with E-state index in [1.54, 1.807) is 43.6 Å². The molecule has 9 heteroatoms. The standard InChI is InChI=1S/C25H27Cl2N5O2/c1-30-25(24(29)34,13-16-5-3-2-4-6-16)19(11-17-7-9-20(26)21(27)12-17)23(33)32-15-18-8-10-22(28)31-14-18/h2-10,12,14,19,30H,11,13,15H2,1H3,(H2,28,31)(H2,29,34)(H,32,33)/t19-,25?/m1/s1. The number of nitrogens with zero attached hydrogens (tertiary/aromatic N) is 1. The number of hydrogen-bond acceptors (Lipinski definition) is 5. The van der Waals surface area contributed by atoms with Crippen LogP contribution in [0, 0.1) is 5.92 Å². The summed E-state index contributed by atoms with van der Waals surface area (Å²) in [6.45, 7) is 0.216. The predicted octanol–water partition coefficient (Wildman–Crippen LogP) is 3.13. The van der Waals surface area contributed by atoms with Crippen molar-refractivity contribution in [1.29, 1.82) is 0 Å². The number of carbonyl (C=O) groups excluding carboxylic acids is 2. The van der Waals surface area contributed by atoms with Gasteiger partial charge in [-0.2, -0.15) is 0 Å². The SMILES string of the molecule is CNC(Cc1ccccc1)(C(N)=O)[C@H](Cc1ccc(Cl)c(Cl)c1)C(=O)NCc1ccc(N)nc1. The number of rotatable bonds is 10. The second-order valence-electron chi connectivity index (χ2n) is 8.06. The molecular weight excluding hydrogens is 473 g/mol. The molecule has 2 aromatic carbocycles. The monoisotopic (exact) mass is 499 g/mol. The zero-order chi connectivity index (χ0) is 24.7. The number of nitrogens with two attached hydrogens (primary N) is 2. The number of anilines is 1. The maximum atomic E-state index is 13.6. The first-order chi connectivity index (χ1) is 16.2. The number of benzene rings is 2. The van der Waals surface area contributed by atoms with E-state index in [0.717, 1.165) is 16.7 Å². The third-order valence-electron chi connectivity index (χ3n) is 5.86. The van der Waals surface area contributed by atoms with Crippen molar-refractivity contribution in [2.75, 3.05) is 12.8 Å². The Kier molecular flexibility index (Phi) is 8.50. The Morgan fingerprint density at radius 2 is 1.71 bits per heavy atom. The molecule has 34 heavy (non-hydrogen) atoms. The summed E-state index contributed by atoms with van der Waals surface area (Å²) in [7, 11) is 1.63. The molecule has 3 aromatic rings. The average molecular weight is 500 g/mol. The Balaban J connectivity index is 1.97. The highest BCUT2D eigenvalue weighted by molar-refractivity contribution is 6.42. The summed E-state index contributed by atoms with van der Waals surface area (Å²) in [5.74, 6) is -1.44. The number of pyridine rings is 1. The van der Waals surface area contributed by atoms with Gasteiger partial charge in [-0.05, 0) is 48.4 Å². The minimum Gasteiger partial charge on any atom is -0.384 e. The van der Waals surface area contributed by atoms with Crippen LogP contribution in [0.4, 0.5) is 5.82 Å². The number of likely N-dealkylation sites (N-methyl/N-ethyl adjacent to an activating group) is 1. The van der Waals surface area contributed by atoms with Crippen molar-refractivity contribution in [3.05, 3.63) is 93.6 Å². The molecule has 0 fully saturated rings. The van der Waals surface area contributed by atoms with Gasteiger partial charge < -0.3 is 22.1 Å². The van der Waals surface area contributed by atoms with E-state index in [1.165, 1.54) is 0 Å². The van der Waals surface area contributed by atoms with Crippen molar-refractivity contribution < 1.29 is 9.59 Å². The number of halogens is 2. The first-order valence-corrected chi connectivity index (χ1v) is 11.5. The third-order valence-corrected chi connectivity index (χ3v) is 6.60. The van der Waals surface area contributed by atoms with Crippen molar-refractivity contribution in [3.63, 3.8) is 0 Å². The number of nitrogens with one attached hydrogen (secondary N) is 2. The molecule has 178 valence electrons. The molecule has 0 spiro atoms. The van der Waals surface area contributed by atoms with Gasteiger partial charge in [-0.3, -0.25) is 9.59 Å². The van der Waals surface area contributed by atoms with Gasteiger partial charge in [0, 0.05) is 19.2 Å². The van der Waals surface area contributed by atoms with Crippen molar-refractivity contribution in [1.82, 2.24) is 15.6 Å². The molecule has 2 atom stereocenters. The molecule has 0 aliphatic rings. The summed E-state index contributed by atoms with van der Waals surface area (Å²) in [6, 6.07) is 18.0. The molecule has 0 saturated carbocycles. The fraction of sp³-hybridized carbons (Fsp3) is 0.240. The quantitative estimate of drug-likeness (QED) is 0.341. The molecule has 1 unspecified atom stereocenters. The first-order valence-electron chi connectivity index (χ1n) is 10.7. The Bertz CT molecular complexity index is 1140. The van der Waals surface area contributed by atoms with E-state index in [4.69, 9.17) is 34.7 Å². The molecule has 6 N–H and O–H groups in total. The van der Waals surface area contributed by atoms with Gasteiger partial charge in [0.1, 0.15) is 11.4 Å². The normalized spacial score (nSPS) is 13.6. The van der Waals surface area contributed by atoms with Crippen molar-refractivity contribution in [2.24, 2.45) is 11.7 Å². The highest BCUT2D eigenvalue weighted by Gasteiger charge is 2.47. The van der Waals surface area contributed by atoms with Crippen LogP contribution in [0.2, 0.25) is 10.0 Å². The van der Waals surface area contributed by atoms with Crippen LogP contribution < -0.4 is 22.1 Å². The molecule has 0 saturated heterocycles. The predicted molar refractivity (Wildman–Crippen MR) is 135 cm³/mol. The summed E-state index contributed by atoms with van der Waals surface area (Å²) >= 11 is 12.3. The fourth-order valence-corrected chi connectivity index (χ4v) is 4.25. The van der Waals surface area contributed by atoms with Gasteiger partial charge in [-0.25, -0.2) is 4.98 Å². The molecule has 1 heterocycles. The second-order valence-corrected chi connectivity index (χ2v) is 8.88. The molecule has 3 rings (SSSR count). The lowest BCUT2D eigenvalue weighted by atomic mass is 9.74. The van der Waals surface area contributed by atoms with Crippen LogP contribution in [0.15, 0.2) is 66.9 Å². The van der Waals surface area contributed by atoms with Crippen LogP contribution in [0.5, 0.6) is 0 Å². The molecular formula is C25H27Cl2N5O2. The van der Waals surface area contributed by atoms with Gasteiger partial charge in [-0.15, -0.1) is 0 Å². The second kappa shape index (κ2) is 11.3. The zero-order valence-electron chi connectivity index (χ0n) is 18.7. The van der Waals surface area contributed by atoms with Crippen molar-refractivity contribution >= 4 is 40.8 Å². The number of primary amides is 1. The van der Waals surface area contributed by atoms with E-state index in [-0.39, 0.29) is 25.3 Å². The van der Waals surface area contributed by atoms with E-state index in [1.807, 2.05) is 30.3 Å². The smallest absolute Gasteiger partial charge is 0.238 e. The van der Waals surface area contributed by atoms with Crippen LogP contribution in [0.1, 0.15) is 16.7 Å². The van der Waals surface area contributed by atoms with Gasteiger partial charge >= 0.3 is 0 Å². The fourth-order valence-electron chi connectivity index (χ4n) is 3.93. The first kappa shape index (κ1) is 25.5. The molecule has 0 bridgehead atoms. The maximum Gasteiger partial charge on any atom is 0.238 e. The average Bonchev–Trinajstić information content (AvgIpc) is 2.83. The zero-order valence-corrected chi connectivity index (χ0v) is 20.2. The summed E-state index contributed by atoms with van der Waals surface area (Å²) in [5.41, 5.74) is 12.6. The molecule has 2 amide bonds. The van der Waals surface area contributed by atoms with Crippen molar-refractivity contribution in [2.45, 2.75) is 24.9 Å². The van der Waals surface area contributed by atoms with E-state index in [0.29, 0.717) is 15.9 Å². The van der Waals surface area contributed by atoms with Crippen LogP contribution in [-0.2, 0) is 29.0 Å². The lowest BCUT2D eigenvalue weighted by Crippen LogP contribution is -2.64. The summed E-state index contributed by atoms with van der Waals surface area (Å²) < 4.78 is 0. The van der Waals surface area contributed by atoms with Crippen LogP contribution in [0.3, 0.4) is 0 Å². The number of amides is 2. The van der Waals surface area contributed by atoms with E-state index in [2.05, 4.69) is 15.6 Å². The van der Waals surface area contributed by atoms with Gasteiger partial charge in [-0.1, -0.05) is 65.7 Å². The highest BCUT2D eigenvalue weighted by atomic mass is 35.5. The minimum absolute atomic E-state index is 0.208. The van der Waals surface area contributed by atoms with Crippen molar-refractivity contribution in [3.8, 4) is 0 Å². The Hall–Kier alpha value is -3.13. The van der Waals surface area contributed by atoms with Gasteiger partial charge in [0.05, 0.1) is 16.0 Å². The van der Waals surface area contributed by atoms with E-state index in [9.17, 15) is 9.59 Å². The number of hydrogen-bond donors (Lipinski definition) is 4. The summed E-state index contributed by atoms with van der Waals surface area (Å²) in [6.07, 6.45) is 2.02. The molecule has 7 nitrogen and oxygen atoms in total. The highest BCUT2D eigenvalue weighted by Crippen LogP contribution is 2.30. The molecule has 0 radical (unpaired) electrons. The molecule has 1 aromatic heterocycles. The van der Waals surface area contributed by atoms with Gasteiger partial charge in [0.25, 0.3) is 0 Å². The number of nitrogen functional groups attached to an aromatic ring is 1. The van der Waals surface area contributed by atoms with Crippen LogP contribution >= 0.6 is 23.2 Å². The lowest BCUT2D eigenvalue weighted by Gasteiger charge is -2.37. The lowest BCUT2D eigenvalue weighted by molar-refractivity contribution is -0.136. The van der Waals surface area contributed by atoms with Crippen LogP contribution in [0.25, 0.3) is 0 Å². The summed E-state index contributed by atoms with van der Waals surface area (Å²) in [5, 5.41) is 6.76. The maximum absolute atomic E-state index is 13.6. The topological polar surface area (TPSA) is 123 Å². The Morgan fingerprint density at radius 1 is 1.00 bits per heavy atom.